The molecule has 6 nitrogen and oxygen atoms in total. The summed E-state index contributed by atoms with van der Waals surface area (Å²) in [5.74, 6) is -0.846. The Bertz CT molecular complexity index is 369. The van der Waals surface area contributed by atoms with Crippen LogP contribution in [-0.2, 0) is 9.53 Å². The molecule has 2 saturated heterocycles. The zero-order valence-corrected chi connectivity index (χ0v) is 10.1. The third kappa shape index (κ3) is 2.29. The van der Waals surface area contributed by atoms with Crippen molar-refractivity contribution < 1.29 is 19.4 Å². The second kappa shape index (κ2) is 4.42. The Hall–Kier alpha value is -1.30. The Kier molecular flexibility index (Phi) is 2.89. The first-order chi connectivity index (χ1) is 8.63. The first-order valence-corrected chi connectivity index (χ1v) is 6.59. The smallest absolute Gasteiger partial charge is 0.326 e. The van der Waals surface area contributed by atoms with Crippen molar-refractivity contribution in [3.63, 3.8) is 0 Å². The van der Waals surface area contributed by atoms with Crippen LogP contribution in [0.1, 0.15) is 32.1 Å². The van der Waals surface area contributed by atoms with Gasteiger partial charge in [0.05, 0.1) is 18.2 Å². The largest absolute Gasteiger partial charge is 0.480 e. The summed E-state index contributed by atoms with van der Waals surface area (Å²) in [6.07, 6.45) is 5.07. The number of carbonyl (C=O) groups is 2. The van der Waals surface area contributed by atoms with Crippen LogP contribution in [-0.4, -0.2) is 41.4 Å². The van der Waals surface area contributed by atoms with Gasteiger partial charge in [-0.3, -0.25) is 0 Å². The average molecular weight is 254 g/mol. The van der Waals surface area contributed by atoms with E-state index in [2.05, 4.69) is 10.6 Å². The monoisotopic (exact) mass is 254 g/mol. The van der Waals surface area contributed by atoms with Crippen LogP contribution in [0.3, 0.4) is 0 Å². The Morgan fingerprint density at radius 3 is 2.50 bits per heavy atom. The third-order valence-electron chi connectivity index (χ3n) is 4.07. The molecule has 3 aliphatic rings. The molecule has 18 heavy (non-hydrogen) atoms. The van der Waals surface area contributed by atoms with Crippen LogP contribution in [0.4, 0.5) is 4.79 Å². The van der Waals surface area contributed by atoms with Crippen molar-refractivity contribution in [2.24, 2.45) is 5.92 Å². The highest BCUT2D eigenvalue weighted by atomic mass is 16.5. The summed E-state index contributed by atoms with van der Waals surface area (Å²) in [5.41, 5.74) is 0. The molecule has 0 radical (unpaired) electrons. The summed E-state index contributed by atoms with van der Waals surface area (Å²) in [7, 11) is 0. The summed E-state index contributed by atoms with van der Waals surface area (Å²) in [4.78, 5) is 22.8. The molecule has 1 saturated carbocycles. The maximum Gasteiger partial charge on any atom is 0.326 e. The van der Waals surface area contributed by atoms with Crippen molar-refractivity contribution in [3.05, 3.63) is 0 Å². The number of fused-ring (bicyclic) bond motifs is 2. The molecule has 4 unspecified atom stereocenters. The highest BCUT2D eigenvalue weighted by molar-refractivity contribution is 5.83. The van der Waals surface area contributed by atoms with Crippen molar-refractivity contribution in [2.45, 2.75) is 56.4 Å². The van der Waals surface area contributed by atoms with Gasteiger partial charge in [-0.1, -0.05) is 0 Å². The third-order valence-corrected chi connectivity index (χ3v) is 4.07. The van der Waals surface area contributed by atoms with E-state index in [1.165, 1.54) is 0 Å². The van der Waals surface area contributed by atoms with Gasteiger partial charge in [-0.05, 0) is 38.0 Å². The van der Waals surface area contributed by atoms with E-state index in [-0.39, 0.29) is 30.2 Å². The van der Waals surface area contributed by atoms with Gasteiger partial charge in [0.15, 0.2) is 0 Å². The zero-order chi connectivity index (χ0) is 12.7. The molecule has 100 valence electrons. The van der Waals surface area contributed by atoms with Gasteiger partial charge in [-0.15, -0.1) is 0 Å². The van der Waals surface area contributed by atoms with Crippen LogP contribution in [0.25, 0.3) is 0 Å². The summed E-state index contributed by atoms with van der Waals surface area (Å²) >= 11 is 0. The molecule has 3 rings (SSSR count). The van der Waals surface area contributed by atoms with Crippen LogP contribution in [0.15, 0.2) is 0 Å². The number of carboxylic acids is 1. The van der Waals surface area contributed by atoms with E-state index in [9.17, 15) is 9.59 Å². The van der Waals surface area contributed by atoms with Crippen molar-refractivity contribution in [3.8, 4) is 0 Å². The van der Waals surface area contributed by atoms with Crippen molar-refractivity contribution >= 4 is 12.0 Å². The quantitative estimate of drug-likeness (QED) is 0.680. The normalized spacial score (nSPS) is 35.2. The molecule has 0 aromatic heterocycles. The minimum Gasteiger partial charge on any atom is -0.480 e. The molecule has 1 aliphatic carbocycles. The Morgan fingerprint density at radius 1 is 1.22 bits per heavy atom. The standard InChI is InChI=1S/C12H18N2O4/c15-11(16)10(6-1-2-6)14-12(17)13-8-5-7-3-4-9(8)18-7/h6-10H,1-5H2,(H,15,16)(H2,13,14,17). The minimum absolute atomic E-state index is 0.0393. The second-order valence-corrected chi connectivity index (χ2v) is 5.49. The molecule has 3 N–H and O–H groups in total. The maximum atomic E-state index is 11.8. The van der Waals surface area contributed by atoms with Crippen LogP contribution in [0.2, 0.25) is 0 Å². The SMILES string of the molecule is O=C(NC1CC2CCC1O2)NC(C(=O)O)C1CC1. The first kappa shape index (κ1) is 11.8. The number of urea groups is 1. The zero-order valence-electron chi connectivity index (χ0n) is 10.1. The Labute approximate surface area is 105 Å². The lowest BCUT2D eigenvalue weighted by Crippen LogP contribution is -2.51. The van der Waals surface area contributed by atoms with Gasteiger partial charge in [-0.2, -0.15) is 0 Å². The predicted octanol–water partition coefficient (Wildman–Crippen LogP) is 0.469. The average Bonchev–Trinajstić information content (AvgIpc) is 2.95. The molecule has 4 atom stereocenters. The van der Waals surface area contributed by atoms with Crippen molar-refractivity contribution in [1.29, 1.82) is 0 Å². The summed E-state index contributed by atoms with van der Waals surface area (Å²) < 4.78 is 5.64. The molecular formula is C12H18N2O4. The molecule has 0 aromatic rings. The van der Waals surface area contributed by atoms with E-state index in [4.69, 9.17) is 9.84 Å². The van der Waals surface area contributed by atoms with E-state index in [0.29, 0.717) is 0 Å². The lowest BCUT2D eigenvalue weighted by Gasteiger charge is -2.22. The molecule has 2 aliphatic heterocycles. The van der Waals surface area contributed by atoms with Crippen LogP contribution >= 0.6 is 0 Å². The summed E-state index contributed by atoms with van der Waals surface area (Å²) in [5, 5.41) is 14.4. The van der Waals surface area contributed by atoms with E-state index in [1.54, 1.807) is 0 Å². The van der Waals surface area contributed by atoms with E-state index in [0.717, 1.165) is 32.1 Å². The number of aliphatic carboxylic acids is 1. The second-order valence-electron chi connectivity index (χ2n) is 5.49. The molecule has 2 amide bonds. The van der Waals surface area contributed by atoms with E-state index in [1.807, 2.05) is 0 Å². The van der Waals surface area contributed by atoms with Gasteiger partial charge in [-0.25, -0.2) is 9.59 Å². The fourth-order valence-corrected chi connectivity index (χ4v) is 2.95. The Morgan fingerprint density at radius 2 is 2.00 bits per heavy atom. The predicted molar refractivity (Wildman–Crippen MR) is 62.1 cm³/mol. The number of hydrogen-bond acceptors (Lipinski definition) is 3. The van der Waals surface area contributed by atoms with Gasteiger partial charge in [0.2, 0.25) is 0 Å². The van der Waals surface area contributed by atoms with Gasteiger partial charge < -0.3 is 20.5 Å². The topological polar surface area (TPSA) is 87.7 Å². The maximum absolute atomic E-state index is 11.8. The molecule has 0 spiro atoms. The number of amides is 2. The number of carboxylic acid groups (broad SMARTS) is 1. The number of rotatable bonds is 4. The van der Waals surface area contributed by atoms with E-state index >= 15 is 0 Å². The Balaban J connectivity index is 1.50. The van der Waals surface area contributed by atoms with Gasteiger partial charge in [0.25, 0.3) is 0 Å². The molecular weight excluding hydrogens is 236 g/mol. The molecule has 2 bridgehead atoms. The highest BCUT2D eigenvalue weighted by Gasteiger charge is 2.42. The molecule has 6 heteroatoms. The first-order valence-electron chi connectivity index (χ1n) is 6.59. The minimum atomic E-state index is -0.947. The van der Waals surface area contributed by atoms with Crippen LogP contribution in [0, 0.1) is 5.92 Å². The molecule has 2 heterocycles. The number of carbonyl (C=O) groups excluding carboxylic acids is 1. The lowest BCUT2D eigenvalue weighted by atomic mass is 9.96. The summed E-state index contributed by atoms with van der Waals surface area (Å²) in [6, 6.07) is -1.09. The van der Waals surface area contributed by atoms with Crippen molar-refractivity contribution in [1.82, 2.24) is 10.6 Å². The highest BCUT2D eigenvalue weighted by Crippen LogP contribution is 2.35. The van der Waals surface area contributed by atoms with Gasteiger partial charge >= 0.3 is 12.0 Å². The summed E-state index contributed by atoms with van der Waals surface area (Å²) in [6.45, 7) is 0. The molecule has 0 aromatic carbocycles. The van der Waals surface area contributed by atoms with Crippen LogP contribution < -0.4 is 10.6 Å². The van der Waals surface area contributed by atoms with Crippen molar-refractivity contribution in [2.75, 3.05) is 0 Å². The van der Waals surface area contributed by atoms with Gasteiger partial charge in [0.1, 0.15) is 6.04 Å². The van der Waals surface area contributed by atoms with Gasteiger partial charge in [0, 0.05) is 0 Å². The van der Waals surface area contributed by atoms with E-state index < -0.39 is 12.0 Å². The number of ether oxygens (including phenoxy) is 1. The number of nitrogens with one attached hydrogen (secondary N) is 2. The fourth-order valence-electron chi connectivity index (χ4n) is 2.95. The number of hydrogen-bond donors (Lipinski definition) is 3. The fraction of sp³-hybridized carbons (Fsp3) is 0.833. The lowest BCUT2D eigenvalue weighted by molar-refractivity contribution is -0.139. The van der Waals surface area contributed by atoms with Crippen LogP contribution in [0.5, 0.6) is 0 Å². The molecule has 3 fully saturated rings.